The minimum atomic E-state index is -4.45. The average Bonchev–Trinajstić information content (AvgIpc) is 2.93. The Bertz CT molecular complexity index is 970. The van der Waals surface area contributed by atoms with Gasteiger partial charge in [0.1, 0.15) is 11.3 Å². The van der Waals surface area contributed by atoms with Gasteiger partial charge in [-0.05, 0) is 50.1 Å². The van der Waals surface area contributed by atoms with E-state index in [1.54, 1.807) is 45.0 Å². The summed E-state index contributed by atoms with van der Waals surface area (Å²) in [5, 5.41) is 6.43. The second kappa shape index (κ2) is 6.90. The Kier molecular flexibility index (Phi) is 4.78. The SMILES string of the molecule is Cc1ccc(C(F)(F)F)c(-c2ccc(NC(=O)c3c(C)noc3C)cc2)c1. The number of aromatic nitrogens is 1. The van der Waals surface area contributed by atoms with E-state index in [-0.39, 0.29) is 11.5 Å². The molecule has 3 rings (SSSR count). The number of carbonyl (C=O) groups is 1. The van der Waals surface area contributed by atoms with Crippen LogP contribution in [0.15, 0.2) is 47.0 Å². The summed E-state index contributed by atoms with van der Waals surface area (Å²) in [6, 6.07) is 10.2. The summed E-state index contributed by atoms with van der Waals surface area (Å²) in [4.78, 5) is 12.3. The van der Waals surface area contributed by atoms with Crippen molar-refractivity contribution in [3.63, 3.8) is 0 Å². The van der Waals surface area contributed by atoms with Gasteiger partial charge in [-0.25, -0.2) is 0 Å². The third-order valence-corrected chi connectivity index (χ3v) is 4.19. The number of halogens is 3. The summed E-state index contributed by atoms with van der Waals surface area (Å²) < 4.78 is 44.8. The largest absolute Gasteiger partial charge is 0.417 e. The molecule has 2 aromatic carbocycles. The van der Waals surface area contributed by atoms with E-state index >= 15 is 0 Å². The van der Waals surface area contributed by atoms with Gasteiger partial charge in [0.25, 0.3) is 5.91 Å². The number of hydrogen-bond acceptors (Lipinski definition) is 3. The number of amides is 1. The molecule has 0 radical (unpaired) electrons. The Hall–Kier alpha value is -3.09. The molecule has 0 atom stereocenters. The quantitative estimate of drug-likeness (QED) is 0.655. The van der Waals surface area contributed by atoms with Gasteiger partial charge in [0.05, 0.1) is 11.3 Å². The van der Waals surface area contributed by atoms with E-state index < -0.39 is 11.7 Å². The summed E-state index contributed by atoms with van der Waals surface area (Å²) >= 11 is 0. The van der Waals surface area contributed by atoms with Crippen molar-refractivity contribution in [2.75, 3.05) is 5.32 Å². The molecular weight excluding hydrogens is 357 g/mol. The first-order chi connectivity index (χ1) is 12.7. The minimum absolute atomic E-state index is 0.103. The Balaban J connectivity index is 1.89. The molecule has 1 heterocycles. The molecule has 1 aromatic heterocycles. The van der Waals surface area contributed by atoms with Gasteiger partial charge in [0, 0.05) is 5.69 Å². The van der Waals surface area contributed by atoms with Gasteiger partial charge in [0.15, 0.2) is 0 Å². The van der Waals surface area contributed by atoms with Gasteiger partial charge < -0.3 is 9.84 Å². The van der Waals surface area contributed by atoms with Crippen molar-refractivity contribution >= 4 is 11.6 Å². The predicted molar refractivity (Wildman–Crippen MR) is 95.5 cm³/mol. The molecule has 0 spiro atoms. The van der Waals surface area contributed by atoms with Crippen LogP contribution in [0.1, 0.15) is 32.9 Å². The third-order valence-electron chi connectivity index (χ3n) is 4.19. The van der Waals surface area contributed by atoms with E-state index in [2.05, 4.69) is 10.5 Å². The van der Waals surface area contributed by atoms with Crippen molar-refractivity contribution in [1.82, 2.24) is 5.16 Å². The summed E-state index contributed by atoms with van der Waals surface area (Å²) in [6.07, 6.45) is -4.45. The number of anilines is 1. The molecule has 0 saturated carbocycles. The van der Waals surface area contributed by atoms with E-state index in [0.29, 0.717) is 28.3 Å². The molecule has 0 aliphatic rings. The average molecular weight is 374 g/mol. The zero-order valence-corrected chi connectivity index (χ0v) is 14.9. The van der Waals surface area contributed by atoms with Gasteiger partial charge in [-0.15, -0.1) is 0 Å². The lowest BCUT2D eigenvalue weighted by Gasteiger charge is -2.14. The molecule has 7 heteroatoms. The van der Waals surface area contributed by atoms with Crippen molar-refractivity contribution in [1.29, 1.82) is 0 Å². The van der Waals surface area contributed by atoms with Crippen molar-refractivity contribution in [3.8, 4) is 11.1 Å². The normalized spacial score (nSPS) is 11.5. The molecule has 3 aromatic rings. The van der Waals surface area contributed by atoms with Crippen LogP contribution in [0.5, 0.6) is 0 Å². The molecule has 27 heavy (non-hydrogen) atoms. The van der Waals surface area contributed by atoms with Crippen LogP contribution in [0.4, 0.5) is 18.9 Å². The fourth-order valence-corrected chi connectivity index (χ4v) is 2.88. The van der Waals surface area contributed by atoms with Crippen LogP contribution in [0.2, 0.25) is 0 Å². The summed E-state index contributed by atoms with van der Waals surface area (Å²) in [6.45, 7) is 5.03. The molecule has 4 nitrogen and oxygen atoms in total. The van der Waals surface area contributed by atoms with E-state index in [1.165, 1.54) is 12.1 Å². The highest BCUT2D eigenvalue weighted by Crippen LogP contribution is 2.37. The lowest BCUT2D eigenvalue weighted by Crippen LogP contribution is -2.13. The van der Waals surface area contributed by atoms with Crippen LogP contribution in [0, 0.1) is 20.8 Å². The van der Waals surface area contributed by atoms with Crippen LogP contribution < -0.4 is 5.32 Å². The van der Waals surface area contributed by atoms with E-state index in [4.69, 9.17) is 4.52 Å². The van der Waals surface area contributed by atoms with Gasteiger partial charge in [-0.1, -0.05) is 35.0 Å². The van der Waals surface area contributed by atoms with Gasteiger partial charge in [-0.3, -0.25) is 4.79 Å². The molecule has 1 amide bonds. The monoisotopic (exact) mass is 374 g/mol. The van der Waals surface area contributed by atoms with Crippen LogP contribution in [0.3, 0.4) is 0 Å². The zero-order chi connectivity index (χ0) is 19.8. The fraction of sp³-hybridized carbons (Fsp3) is 0.200. The summed E-state index contributed by atoms with van der Waals surface area (Å²) in [5.41, 5.74) is 1.83. The minimum Gasteiger partial charge on any atom is -0.361 e. The number of nitrogens with zero attached hydrogens (tertiary/aromatic N) is 1. The number of carbonyl (C=O) groups excluding carboxylic acids is 1. The fourth-order valence-electron chi connectivity index (χ4n) is 2.88. The highest BCUT2D eigenvalue weighted by molar-refractivity contribution is 6.05. The third kappa shape index (κ3) is 3.86. The lowest BCUT2D eigenvalue weighted by atomic mass is 9.97. The van der Waals surface area contributed by atoms with Crippen LogP contribution >= 0.6 is 0 Å². The number of hydrogen-bond donors (Lipinski definition) is 1. The first-order valence-electron chi connectivity index (χ1n) is 8.19. The van der Waals surface area contributed by atoms with Crippen LogP contribution in [-0.4, -0.2) is 11.1 Å². The first kappa shape index (κ1) is 18.7. The standard InChI is InChI=1S/C20H17F3N2O2/c1-11-4-9-17(20(21,22)23)16(10-11)14-5-7-15(8-6-14)24-19(26)18-12(2)25-27-13(18)3/h4-10H,1-3H3,(H,24,26). The molecule has 1 N–H and O–H groups in total. The molecule has 0 fully saturated rings. The van der Waals surface area contributed by atoms with Gasteiger partial charge in [-0.2, -0.15) is 13.2 Å². The van der Waals surface area contributed by atoms with Crippen LogP contribution in [-0.2, 0) is 6.18 Å². The number of aryl methyl sites for hydroxylation is 3. The Labute approximate surface area is 154 Å². The maximum absolute atomic E-state index is 13.3. The Morgan fingerprint density at radius 3 is 2.26 bits per heavy atom. The highest BCUT2D eigenvalue weighted by atomic mass is 19.4. The molecular formula is C20H17F3N2O2. The topological polar surface area (TPSA) is 55.1 Å². The molecule has 0 unspecified atom stereocenters. The number of rotatable bonds is 3. The number of benzene rings is 2. The smallest absolute Gasteiger partial charge is 0.361 e. The molecule has 0 aliphatic carbocycles. The van der Waals surface area contributed by atoms with Gasteiger partial charge in [0.2, 0.25) is 0 Å². The molecule has 140 valence electrons. The molecule has 0 bridgehead atoms. The van der Waals surface area contributed by atoms with Crippen molar-refractivity contribution in [3.05, 3.63) is 70.6 Å². The maximum Gasteiger partial charge on any atom is 0.417 e. The first-order valence-corrected chi connectivity index (χ1v) is 8.19. The lowest BCUT2D eigenvalue weighted by molar-refractivity contribution is -0.137. The highest BCUT2D eigenvalue weighted by Gasteiger charge is 2.33. The van der Waals surface area contributed by atoms with Crippen molar-refractivity contribution in [2.45, 2.75) is 26.9 Å². The second-order valence-corrected chi connectivity index (χ2v) is 6.28. The molecule has 0 saturated heterocycles. The molecule has 0 aliphatic heterocycles. The predicted octanol–water partition coefficient (Wildman–Crippen LogP) is 5.54. The second-order valence-electron chi connectivity index (χ2n) is 6.28. The van der Waals surface area contributed by atoms with E-state index in [1.807, 2.05) is 0 Å². The number of nitrogens with one attached hydrogen (secondary N) is 1. The summed E-state index contributed by atoms with van der Waals surface area (Å²) in [7, 11) is 0. The zero-order valence-electron chi connectivity index (χ0n) is 14.9. The van der Waals surface area contributed by atoms with Crippen molar-refractivity contribution in [2.24, 2.45) is 0 Å². The van der Waals surface area contributed by atoms with Gasteiger partial charge >= 0.3 is 6.18 Å². The van der Waals surface area contributed by atoms with E-state index in [9.17, 15) is 18.0 Å². The van der Waals surface area contributed by atoms with Crippen molar-refractivity contribution < 1.29 is 22.5 Å². The Morgan fingerprint density at radius 1 is 1.04 bits per heavy atom. The maximum atomic E-state index is 13.3. The van der Waals surface area contributed by atoms with Crippen LogP contribution in [0.25, 0.3) is 11.1 Å². The Morgan fingerprint density at radius 2 is 1.70 bits per heavy atom. The van der Waals surface area contributed by atoms with E-state index in [0.717, 1.165) is 11.6 Å². The summed E-state index contributed by atoms with van der Waals surface area (Å²) in [5.74, 6) is 0.0155. The number of alkyl halides is 3.